The summed E-state index contributed by atoms with van der Waals surface area (Å²) < 4.78 is 26.9. The molecule has 0 amide bonds. The standard InChI is InChI=1S/C21H22N2O4S2/c1-21(2)19(20(24)25)23(11-12-28-21)29(26,27)17-6-3-14(4-7-17)15-5-8-18-16(13-15)9-10-22-18/h3-10,13,19,22H,11-12H2,1-2H3,(H,24,25)/t19-/m0/s1. The number of aliphatic carboxylic acids is 1. The van der Waals surface area contributed by atoms with Gasteiger partial charge in [-0.15, -0.1) is 0 Å². The van der Waals surface area contributed by atoms with E-state index >= 15 is 0 Å². The minimum absolute atomic E-state index is 0.109. The number of sulfonamides is 1. The molecule has 0 bridgehead atoms. The van der Waals surface area contributed by atoms with Crippen molar-refractivity contribution in [3.63, 3.8) is 0 Å². The predicted molar refractivity (Wildman–Crippen MR) is 116 cm³/mol. The Kier molecular flexibility index (Phi) is 4.96. The Morgan fingerprint density at radius 1 is 1.14 bits per heavy atom. The zero-order valence-corrected chi connectivity index (χ0v) is 17.8. The van der Waals surface area contributed by atoms with Gasteiger partial charge in [-0.1, -0.05) is 18.2 Å². The number of carboxylic acid groups (broad SMARTS) is 1. The van der Waals surface area contributed by atoms with Gasteiger partial charge < -0.3 is 10.1 Å². The van der Waals surface area contributed by atoms with Gasteiger partial charge in [0, 0.05) is 28.8 Å². The second-order valence-electron chi connectivity index (χ2n) is 7.61. The summed E-state index contributed by atoms with van der Waals surface area (Å²) in [6.07, 6.45) is 1.88. The molecule has 0 saturated carbocycles. The van der Waals surface area contributed by atoms with Crippen LogP contribution in [0.25, 0.3) is 22.0 Å². The summed E-state index contributed by atoms with van der Waals surface area (Å²) in [5.41, 5.74) is 2.93. The molecule has 2 aromatic carbocycles. The van der Waals surface area contributed by atoms with E-state index in [0.717, 1.165) is 26.3 Å². The summed E-state index contributed by atoms with van der Waals surface area (Å²) in [6, 6.07) is 13.5. The van der Waals surface area contributed by atoms with Crippen LogP contribution in [0.3, 0.4) is 0 Å². The Labute approximate surface area is 174 Å². The number of carbonyl (C=O) groups is 1. The molecule has 8 heteroatoms. The third kappa shape index (κ3) is 3.56. The molecule has 152 valence electrons. The number of H-pyrrole nitrogens is 1. The van der Waals surface area contributed by atoms with Crippen LogP contribution in [0.15, 0.2) is 59.6 Å². The molecule has 0 aliphatic carbocycles. The Hall–Kier alpha value is -2.29. The van der Waals surface area contributed by atoms with Gasteiger partial charge in [0.25, 0.3) is 0 Å². The molecule has 1 saturated heterocycles. The molecule has 0 spiro atoms. The van der Waals surface area contributed by atoms with E-state index in [0.29, 0.717) is 5.75 Å². The Morgan fingerprint density at radius 2 is 1.83 bits per heavy atom. The summed E-state index contributed by atoms with van der Waals surface area (Å²) >= 11 is 1.48. The quantitative estimate of drug-likeness (QED) is 0.657. The van der Waals surface area contributed by atoms with Crippen molar-refractivity contribution >= 4 is 38.7 Å². The minimum Gasteiger partial charge on any atom is -0.480 e. The SMILES string of the molecule is CC1(C)SCCN(S(=O)(=O)c2ccc(-c3ccc4[nH]ccc4c3)cc2)[C@H]1C(=O)O. The number of aromatic amines is 1. The molecule has 4 rings (SSSR count). The minimum atomic E-state index is -3.92. The van der Waals surface area contributed by atoms with Crippen molar-refractivity contribution in [3.8, 4) is 11.1 Å². The number of carboxylic acids is 1. The highest BCUT2D eigenvalue weighted by atomic mass is 32.2. The molecule has 1 fully saturated rings. The summed E-state index contributed by atoms with van der Waals surface area (Å²) in [6.45, 7) is 3.73. The highest BCUT2D eigenvalue weighted by Crippen LogP contribution is 2.38. The highest BCUT2D eigenvalue weighted by Gasteiger charge is 2.48. The van der Waals surface area contributed by atoms with Crippen LogP contribution >= 0.6 is 11.8 Å². The Morgan fingerprint density at radius 3 is 2.52 bits per heavy atom. The first-order valence-electron chi connectivity index (χ1n) is 9.26. The fourth-order valence-electron chi connectivity index (χ4n) is 3.82. The first kappa shape index (κ1) is 20.0. The fraction of sp³-hybridized carbons (Fsp3) is 0.286. The van der Waals surface area contributed by atoms with Crippen LogP contribution in [-0.2, 0) is 14.8 Å². The topological polar surface area (TPSA) is 90.5 Å². The first-order chi connectivity index (χ1) is 13.7. The number of thioether (sulfide) groups is 1. The number of fused-ring (bicyclic) bond motifs is 1. The van der Waals surface area contributed by atoms with Gasteiger partial charge in [0.05, 0.1) is 4.90 Å². The molecule has 1 aromatic heterocycles. The molecular weight excluding hydrogens is 408 g/mol. The summed E-state index contributed by atoms with van der Waals surface area (Å²) in [4.78, 5) is 15.1. The zero-order valence-electron chi connectivity index (χ0n) is 16.1. The number of aromatic nitrogens is 1. The number of hydrogen-bond acceptors (Lipinski definition) is 4. The van der Waals surface area contributed by atoms with Crippen LogP contribution in [-0.4, -0.2) is 51.9 Å². The van der Waals surface area contributed by atoms with Crippen molar-refractivity contribution in [2.45, 2.75) is 29.5 Å². The maximum absolute atomic E-state index is 13.2. The Balaban J connectivity index is 1.67. The Bertz CT molecular complexity index is 1170. The van der Waals surface area contributed by atoms with Crippen LogP contribution in [0.4, 0.5) is 0 Å². The molecule has 0 radical (unpaired) electrons. The third-order valence-corrected chi connectivity index (χ3v) is 8.55. The number of benzene rings is 2. The normalized spacial score (nSPS) is 20.0. The van der Waals surface area contributed by atoms with E-state index in [4.69, 9.17) is 0 Å². The van der Waals surface area contributed by atoms with Crippen molar-refractivity contribution in [2.24, 2.45) is 0 Å². The third-order valence-electron chi connectivity index (χ3n) is 5.31. The average Bonchev–Trinajstić information content (AvgIpc) is 3.14. The van der Waals surface area contributed by atoms with E-state index in [1.165, 1.54) is 11.8 Å². The largest absolute Gasteiger partial charge is 0.480 e. The van der Waals surface area contributed by atoms with Gasteiger partial charge in [-0.25, -0.2) is 8.42 Å². The molecule has 2 heterocycles. The first-order valence-corrected chi connectivity index (χ1v) is 11.7. The van der Waals surface area contributed by atoms with Crippen LogP contribution in [0.1, 0.15) is 13.8 Å². The van der Waals surface area contributed by atoms with Gasteiger partial charge in [-0.3, -0.25) is 4.79 Å². The molecule has 0 unspecified atom stereocenters. The lowest BCUT2D eigenvalue weighted by Gasteiger charge is -2.42. The van der Waals surface area contributed by atoms with Gasteiger partial charge in [0.1, 0.15) is 6.04 Å². The zero-order chi connectivity index (χ0) is 20.8. The lowest BCUT2D eigenvalue weighted by Crippen LogP contribution is -2.58. The molecule has 29 heavy (non-hydrogen) atoms. The number of nitrogens with zero attached hydrogens (tertiary/aromatic N) is 1. The smallest absolute Gasteiger partial charge is 0.323 e. The maximum atomic E-state index is 13.2. The van der Waals surface area contributed by atoms with E-state index in [1.807, 2.05) is 30.5 Å². The van der Waals surface area contributed by atoms with Crippen LogP contribution < -0.4 is 0 Å². The van der Waals surface area contributed by atoms with Crippen molar-refractivity contribution in [1.29, 1.82) is 0 Å². The van der Waals surface area contributed by atoms with Crippen LogP contribution in [0.2, 0.25) is 0 Å². The molecule has 1 atom stereocenters. The molecule has 3 aromatic rings. The molecule has 1 aliphatic rings. The van der Waals surface area contributed by atoms with Gasteiger partial charge in [0.2, 0.25) is 10.0 Å². The van der Waals surface area contributed by atoms with Gasteiger partial charge >= 0.3 is 5.97 Å². The lowest BCUT2D eigenvalue weighted by molar-refractivity contribution is -0.142. The lowest BCUT2D eigenvalue weighted by atomic mass is 10.0. The van der Waals surface area contributed by atoms with Crippen molar-refractivity contribution < 1.29 is 18.3 Å². The van der Waals surface area contributed by atoms with E-state index in [-0.39, 0.29) is 11.4 Å². The monoisotopic (exact) mass is 430 g/mol. The molecule has 2 N–H and O–H groups in total. The van der Waals surface area contributed by atoms with E-state index in [9.17, 15) is 18.3 Å². The van der Waals surface area contributed by atoms with Crippen molar-refractivity contribution in [3.05, 3.63) is 54.7 Å². The van der Waals surface area contributed by atoms with Crippen molar-refractivity contribution in [1.82, 2.24) is 9.29 Å². The average molecular weight is 431 g/mol. The summed E-state index contributed by atoms with van der Waals surface area (Å²) in [5.74, 6) is -0.563. The molecular formula is C21H22N2O4S2. The molecule has 6 nitrogen and oxygen atoms in total. The fourth-order valence-corrected chi connectivity index (χ4v) is 6.92. The maximum Gasteiger partial charge on any atom is 0.323 e. The molecule has 1 aliphatic heterocycles. The van der Waals surface area contributed by atoms with Gasteiger partial charge in [0.15, 0.2) is 0 Å². The van der Waals surface area contributed by atoms with Gasteiger partial charge in [-0.05, 0) is 60.7 Å². The van der Waals surface area contributed by atoms with Crippen molar-refractivity contribution in [2.75, 3.05) is 12.3 Å². The van der Waals surface area contributed by atoms with E-state index in [2.05, 4.69) is 4.98 Å². The predicted octanol–water partition coefficient (Wildman–Crippen LogP) is 3.80. The summed E-state index contributed by atoms with van der Waals surface area (Å²) in [5, 5.41) is 10.8. The number of hydrogen-bond donors (Lipinski definition) is 2. The van der Waals surface area contributed by atoms with Crippen LogP contribution in [0.5, 0.6) is 0 Å². The summed E-state index contributed by atoms with van der Waals surface area (Å²) in [7, 11) is -3.92. The number of rotatable bonds is 4. The van der Waals surface area contributed by atoms with Crippen LogP contribution in [0, 0.1) is 0 Å². The highest BCUT2D eigenvalue weighted by molar-refractivity contribution is 8.00. The van der Waals surface area contributed by atoms with Gasteiger partial charge in [-0.2, -0.15) is 16.1 Å². The van der Waals surface area contributed by atoms with E-state index in [1.54, 1.807) is 38.1 Å². The number of nitrogens with one attached hydrogen (secondary N) is 1. The second kappa shape index (κ2) is 7.19. The second-order valence-corrected chi connectivity index (χ2v) is 11.3. The van der Waals surface area contributed by atoms with E-state index < -0.39 is 26.8 Å².